The molecule has 0 amide bonds. The van der Waals surface area contributed by atoms with Gasteiger partial charge in [-0.15, -0.1) is 0 Å². The molecule has 0 aromatic heterocycles. The molecule has 1 N–H and O–H groups in total. The van der Waals surface area contributed by atoms with Gasteiger partial charge in [-0.3, -0.25) is 0 Å². The Kier molecular flexibility index (Phi) is 8.38. The maximum absolute atomic E-state index is 13.7. The van der Waals surface area contributed by atoms with Gasteiger partial charge in [0.05, 0.1) is 13.2 Å². The van der Waals surface area contributed by atoms with E-state index in [-0.39, 0.29) is 18.5 Å². The zero-order valence-corrected chi connectivity index (χ0v) is 15.8. The van der Waals surface area contributed by atoms with Crippen LogP contribution in [0.25, 0.3) is 0 Å². The summed E-state index contributed by atoms with van der Waals surface area (Å²) in [5, 5.41) is 3.39. The highest BCUT2D eigenvalue weighted by molar-refractivity contribution is 5.43. The van der Waals surface area contributed by atoms with Crippen molar-refractivity contribution in [2.24, 2.45) is 0 Å². The molecule has 2 aromatic carbocycles. The fourth-order valence-electron chi connectivity index (χ4n) is 2.46. The molecule has 4 nitrogen and oxygen atoms in total. The van der Waals surface area contributed by atoms with Crippen LogP contribution in [0.15, 0.2) is 42.5 Å². The van der Waals surface area contributed by atoms with Crippen LogP contribution in [-0.2, 0) is 17.9 Å². The van der Waals surface area contributed by atoms with Gasteiger partial charge in [-0.05, 0) is 50.6 Å². The Morgan fingerprint density at radius 3 is 2.62 bits per heavy atom. The number of nitrogens with one attached hydrogen (secondary N) is 1. The smallest absolute Gasteiger partial charge is 0.161 e. The van der Waals surface area contributed by atoms with Gasteiger partial charge in [0.15, 0.2) is 11.5 Å². The standard InChI is InChI=1S/C21H28FNO3/c1-16(2)25-12-6-11-23-14-17-9-10-20(21(13-17)24-3)26-15-18-7-4-5-8-19(18)22/h4-5,7-10,13,16,23H,6,11-12,14-15H2,1-3H3. The van der Waals surface area contributed by atoms with Crippen molar-refractivity contribution in [2.75, 3.05) is 20.3 Å². The van der Waals surface area contributed by atoms with Crippen LogP contribution >= 0.6 is 0 Å². The van der Waals surface area contributed by atoms with E-state index in [2.05, 4.69) is 5.32 Å². The molecule has 0 saturated carbocycles. The van der Waals surface area contributed by atoms with Crippen LogP contribution in [0.5, 0.6) is 11.5 Å². The number of hydrogen-bond acceptors (Lipinski definition) is 4. The van der Waals surface area contributed by atoms with Crippen LogP contribution in [0.2, 0.25) is 0 Å². The van der Waals surface area contributed by atoms with Crippen LogP contribution in [0, 0.1) is 5.82 Å². The van der Waals surface area contributed by atoms with Crippen molar-refractivity contribution in [1.29, 1.82) is 0 Å². The van der Waals surface area contributed by atoms with Crippen LogP contribution in [0.4, 0.5) is 4.39 Å². The normalized spacial score (nSPS) is 11.0. The number of ether oxygens (including phenoxy) is 3. The van der Waals surface area contributed by atoms with E-state index in [1.165, 1.54) is 6.07 Å². The van der Waals surface area contributed by atoms with E-state index in [1.54, 1.807) is 25.3 Å². The Morgan fingerprint density at radius 1 is 1.08 bits per heavy atom. The van der Waals surface area contributed by atoms with Gasteiger partial charge < -0.3 is 19.5 Å². The summed E-state index contributed by atoms with van der Waals surface area (Å²) in [7, 11) is 1.60. The second-order valence-corrected chi connectivity index (χ2v) is 6.32. The summed E-state index contributed by atoms with van der Waals surface area (Å²) in [5.41, 5.74) is 1.62. The van der Waals surface area contributed by atoms with Crippen molar-refractivity contribution < 1.29 is 18.6 Å². The topological polar surface area (TPSA) is 39.7 Å². The fraction of sp³-hybridized carbons (Fsp3) is 0.429. The molecule has 0 atom stereocenters. The molecule has 5 heteroatoms. The quantitative estimate of drug-likeness (QED) is 0.605. The predicted molar refractivity (Wildman–Crippen MR) is 101 cm³/mol. The highest BCUT2D eigenvalue weighted by Crippen LogP contribution is 2.29. The minimum absolute atomic E-state index is 0.163. The SMILES string of the molecule is COc1cc(CNCCCOC(C)C)ccc1OCc1ccccc1F. The lowest BCUT2D eigenvalue weighted by atomic mass is 10.2. The lowest BCUT2D eigenvalue weighted by molar-refractivity contribution is 0.0770. The zero-order chi connectivity index (χ0) is 18.8. The summed E-state index contributed by atoms with van der Waals surface area (Å²) in [6, 6.07) is 12.4. The third-order valence-corrected chi connectivity index (χ3v) is 3.85. The first kappa shape index (κ1) is 20.2. The number of methoxy groups -OCH3 is 1. The van der Waals surface area contributed by atoms with Crippen molar-refractivity contribution in [2.45, 2.75) is 39.5 Å². The molecule has 0 saturated heterocycles. The van der Waals surface area contributed by atoms with Gasteiger partial charge in [-0.1, -0.05) is 24.3 Å². The van der Waals surface area contributed by atoms with Crippen molar-refractivity contribution >= 4 is 0 Å². The van der Waals surface area contributed by atoms with E-state index in [0.717, 1.165) is 31.7 Å². The van der Waals surface area contributed by atoms with E-state index in [4.69, 9.17) is 14.2 Å². The van der Waals surface area contributed by atoms with Crippen molar-refractivity contribution in [1.82, 2.24) is 5.32 Å². The molecular weight excluding hydrogens is 333 g/mol. The monoisotopic (exact) mass is 361 g/mol. The molecule has 0 aliphatic heterocycles. The average Bonchev–Trinajstić information content (AvgIpc) is 2.64. The van der Waals surface area contributed by atoms with Gasteiger partial charge in [0.25, 0.3) is 0 Å². The van der Waals surface area contributed by atoms with Gasteiger partial charge in [0, 0.05) is 18.7 Å². The van der Waals surface area contributed by atoms with Gasteiger partial charge >= 0.3 is 0 Å². The van der Waals surface area contributed by atoms with Crippen molar-refractivity contribution in [3.8, 4) is 11.5 Å². The van der Waals surface area contributed by atoms with Gasteiger partial charge in [0.1, 0.15) is 12.4 Å². The van der Waals surface area contributed by atoms with E-state index in [9.17, 15) is 4.39 Å². The second-order valence-electron chi connectivity index (χ2n) is 6.32. The molecule has 0 bridgehead atoms. The third kappa shape index (κ3) is 6.65. The zero-order valence-electron chi connectivity index (χ0n) is 15.8. The Morgan fingerprint density at radius 2 is 1.88 bits per heavy atom. The molecule has 0 radical (unpaired) electrons. The first-order valence-corrected chi connectivity index (χ1v) is 8.95. The summed E-state index contributed by atoms with van der Waals surface area (Å²) in [6.45, 7) is 6.63. The molecule has 0 heterocycles. The molecule has 2 aromatic rings. The number of rotatable bonds is 11. The Labute approximate surface area is 155 Å². The molecule has 0 aliphatic carbocycles. The first-order valence-electron chi connectivity index (χ1n) is 8.95. The second kappa shape index (κ2) is 10.8. The molecule has 2 rings (SSSR count). The van der Waals surface area contributed by atoms with Gasteiger partial charge in [0.2, 0.25) is 0 Å². The van der Waals surface area contributed by atoms with E-state index in [1.807, 2.05) is 32.0 Å². The van der Waals surface area contributed by atoms with Crippen LogP contribution in [0.1, 0.15) is 31.4 Å². The molecule has 26 heavy (non-hydrogen) atoms. The maximum Gasteiger partial charge on any atom is 0.161 e. The predicted octanol–water partition coefficient (Wildman–Crippen LogP) is 4.32. The summed E-state index contributed by atoms with van der Waals surface area (Å²) in [5.74, 6) is 0.974. The van der Waals surface area contributed by atoms with Crippen LogP contribution < -0.4 is 14.8 Å². The van der Waals surface area contributed by atoms with Crippen molar-refractivity contribution in [3.63, 3.8) is 0 Å². The summed E-state index contributed by atoms with van der Waals surface area (Å²) >= 11 is 0. The summed E-state index contributed by atoms with van der Waals surface area (Å²) in [6.07, 6.45) is 1.25. The summed E-state index contributed by atoms with van der Waals surface area (Å²) in [4.78, 5) is 0. The fourth-order valence-corrected chi connectivity index (χ4v) is 2.46. The van der Waals surface area contributed by atoms with Crippen LogP contribution in [-0.4, -0.2) is 26.4 Å². The molecular formula is C21H28FNO3. The Hall–Kier alpha value is -2.11. The van der Waals surface area contributed by atoms with Crippen LogP contribution in [0.3, 0.4) is 0 Å². The highest BCUT2D eigenvalue weighted by atomic mass is 19.1. The Bertz CT molecular complexity index is 676. The minimum Gasteiger partial charge on any atom is -0.493 e. The van der Waals surface area contributed by atoms with Crippen molar-refractivity contribution in [3.05, 3.63) is 59.4 Å². The molecule has 0 fully saturated rings. The maximum atomic E-state index is 13.7. The van der Waals surface area contributed by atoms with Gasteiger partial charge in [-0.25, -0.2) is 4.39 Å². The lowest BCUT2D eigenvalue weighted by Gasteiger charge is -2.13. The lowest BCUT2D eigenvalue weighted by Crippen LogP contribution is -2.17. The van der Waals surface area contributed by atoms with E-state index in [0.29, 0.717) is 17.1 Å². The molecule has 0 unspecified atom stereocenters. The van der Waals surface area contributed by atoms with E-state index >= 15 is 0 Å². The molecule has 0 aliphatic rings. The average molecular weight is 361 g/mol. The number of halogens is 1. The third-order valence-electron chi connectivity index (χ3n) is 3.85. The van der Waals surface area contributed by atoms with E-state index < -0.39 is 0 Å². The molecule has 0 spiro atoms. The summed E-state index contributed by atoms with van der Waals surface area (Å²) < 4.78 is 30.3. The highest BCUT2D eigenvalue weighted by Gasteiger charge is 2.08. The largest absolute Gasteiger partial charge is 0.493 e. The number of benzene rings is 2. The number of hydrogen-bond donors (Lipinski definition) is 1. The molecule has 142 valence electrons. The first-order chi connectivity index (χ1) is 12.6. The minimum atomic E-state index is -0.270. The van der Waals surface area contributed by atoms with Gasteiger partial charge in [-0.2, -0.15) is 0 Å². The Balaban J connectivity index is 1.83.